The van der Waals surface area contributed by atoms with Gasteiger partial charge in [-0.3, -0.25) is 14.4 Å². The van der Waals surface area contributed by atoms with Crippen LogP contribution in [-0.4, -0.2) is 43.9 Å². The highest BCUT2D eigenvalue weighted by Gasteiger charge is 2.41. The predicted octanol–water partition coefficient (Wildman–Crippen LogP) is 3.04. The number of carbonyl (C=O) groups excluding carboxylic acids is 2. The van der Waals surface area contributed by atoms with Gasteiger partial charge in [0.1, 0.15) is 20.9 Å². The number of carbonyl (C=O) groups is 3. The first kappa shape index (κ1) is 20.4. The molecule has 0 heterocycles. The summed E-state index contributed by atoms with van der Waals surface area (Å²) >= 11 is 6.42. The molecule has 0 saturated heterocycles. The van der Waals surface area contributed by atoms with Crippen molar-refractivity contribution in [2.45, 2.75) is 67.8 Å². The number of hydrogen-bond donors (Lipinski definition) is 1. The zero-order valence-corrected chi connectivity index (χ0v) is 16.8. The fourth-order valence-corrected chi connectivity index (χ4v) is 2.37. The third-order valence-electron chi connectivity index (χ3n) is 3.56. The second-order valence-corrected chi connectivity index (χ2v) is 10.6. The van der Waals surface area contributed by atoms with E-state index in [4.69, 9.17) is 9.47 Å². The molecule has 0 spiro atoms. The van der Waals surface area contributed by atoms with Crippen LogP contribution in [0.3, 0.4) is 0 Å². The van der Waals surface area contributed by atoms with Crippen LogP contribution >= 0.6 is 31.9 Å². The minimum absolute atomic E-state index is 0.181. The molecule has 1 rings (SSSR count). The van der Waals surface area contributed by atoms with Crippen LogP contribution in [0.15, 0.2) is 0 Å². The Kier molecular flexibility index (Phi) is 6.66. The molecular weight excluding hydrogens is 436 g/mol. The van der Waals surface area contributed by atoms with Crippen molar-refractivity contribution in [3.05, 3.63) is 0 Å². The molecule has 1 aliphatic carbocycles. The predicted molar refractivity (Wildman–Crippen MR) is 90.7 cm³/mol. The van der Waals surface area contributed by atoms with E-state index in [9.17, 15) is 19.5 Å². The Hall–Kier alpha value is -0.630. The zero-order chi connectivity index (χ0) is 18.0. The van der Waals surface area contributed by atoms with E-state index >= 15 is 0 Å². The van der Waals surface area contributed by atoms with Gasteiger partial charge in [0, 0.05) is 6.42 Å². The van der Waals surface area contributed by atoms with Crippen LogP contribution in [0, 0.1) is 5.92 Å². The van der Waals surface area contributed by atoms with Crippen molar-refractivity contribution in [1.82, 2.24) is 0 Å². The molecular formula is C15H22Br2O6. The van der Waals surface area contributed by atoms with Gasteiger partial charge in [0.15, 0.2) is 0 Å². The van der Waals surface area contributed by atoms with Crippen LogP contribution in [0.1, 0.15) is 47.0 Å². The highest BCUT2D eigenvalue weighted by Crippen LogP contribution is 2.32. The van der Waals surface area contributed by atoms with Gasteiger partial charge >= 0.3 is 17.9 Å². The molecule has 0 bridgehead atoms. The molecule has 0 radical (unpaired) electrons. The summed E-state index contributed by atoms with van der Waals surface area (Å²) in [6.07, 6.45) is -0.387. The highest BCUT2D eigenvalue weighted by molar-refractivity contribution is 9.10. The summed E-state index contributed by atoms with van der Waals surface area (Å²) in [5, 5.41) is 9.30. The first-order chi connectivity index (χ1) is 10.3. The van der Waals surface area contributed by atoms with Gasteiger partial charge in [0.2, 0.25) is 0 Å². The van der Waals surface area contributed by atoms with Crippen molar-refractivity contribution in [1.29, 1.82) is 0 Å². The fraction of sp³-hybridized carbons (Fsp3) is 0.800. The molecule has 23 heavy (non-hydrogen) atoms. The number of esters is 2. The molecule has 3 atom stereocenters. The number of carboxylic acid groups (broad SMARTS) is 1. The van der Waals surface area contributed by atoms with Gasteiger partial charge in [-0.2, -0.15) is 0 Å². The van der Waals surface area contributed by atoms with Gasteiger partial charge < -0.3 is 14.6 Å². The molecule has 0 aromatic rings. The third-order valence-corrected chi connectivity index (χ3v) is 4.21. The lowest BCUT2D eigenvalue weighted by Gasteiger charge is -2.35. The monoisotopic (exact) mass is 456 g/mol. The Morgan fingerprint density at radius 1 is 0.957 bits per heavy atom. The molecule has 0 aliphatic heterocycles. The Balaban J connectivity index is 2.79. The maximum atomic E-state index is 12.0. The minimum Gasteiger partial charge on any atom is -0.481 e. The summed E-state index contributed by atoms with van der Waals surface area (Å²) in [4.78, 5) is 35.3. The topological polar surface area (TPSA) is 89.9 Å². The van der Waals surface area contributed by atoms with Crippen LogP contribution in [0.5, 0.6) is 0 Å². The van der Waals surface area contributed by atoms with Crippen molar-refractivity contribution < 1.29 is 29.0 Å². The van der Waals surface area contributed by atoms with E-state index in [0.717, 1.165) is 0 Å². The van der Waals surface area contributed by atoms with Gasteiger partial charge in [-0.1, -0.05) is 31.9 Å². The largest absolute Gasteiger partial charge is 0.481 e. The number of ether oxygens (including phenoxy) is 2. The Morgan fingerprint density at radius 2 is 1.43 bits per heavy atom. The normalized spacial score (nSPS) is 25.6. The maximum Gasteiger partial charge on any atom is 0.322 e. The summed E-state index contributed by atoms with van der Waals surface area (Å²) in [7, 11) is 0. The van der Waals surface area contributed by atoms with E-state index in [-0.39, 0.29) is 12.8 Å². The van der Waals surface area contributed by atoms with E-state index in [1.165, 1.54) is 0 Å². The molecule has 1 aliphatic rings. The molecule has 1 fully saturated rings. The standard InChI is InChI=1S/C15H22Br2O6/c1-14(2,16)12(20)22-8-5-6-9(11(18)19)10(7-8)23-13(21)15(3,4)17/h8-10H,5-7H2,1-4H3,(H,18,19). The maximum absolute atomic E-state index is 12.0. The Labute approximate surface area is 152 Å². The minimum atomic E-state index is -1.01. The van der Waals surface area contributed by atoms with E-state index in [0.29, 0.717) is 6.42 Å². The van der Waals surface area contributed by atoms with E-state index < -0.39 is 44.7 Å². The van der Waals surface area contributed by atoms with Gasteiger partial charge in [0.05, 0.1) is 5.92 Å². The molecule has 8 heteroatoms. The lowest BCUT2D eigenvalue weighted by atomic mass is 9.84. The van der Waals surface area contributed by atoms with Gasteiger partial charge in [-0.25, -0.2) is 0 Å². The van der Waals surface area contributed by atoms with Crippen LogP contribution in [0.4, 0.5) is 0 Å². The number of carboxylic acids is 1. The van der Waals surface area contributed by atoms with Gasteiger partial charge in [0.25, 0.3) is 0 Å². The smallest absolute Gasteiger partial charge is 0.322 e. The average Bonchev–Trinajstić information content (AvgIpc) is 2.36. The first-order valence-corrected chi connectivity index (χ1v) is 8.93. The number of hydrogen-bond acceptors (Lipinski definition) is 5. The number of halogens is 2. The summed E-state index contributed by atoms with van der Waals surface area (Å²) in [6.45, 7) is 6.59. The SMILES string of the molecule is CC(C)(Br)C(=O)OC1CCC(C(=O)O)C(OC(=O)C(C)(C)Br)C1. The molecule has 1 saturated carbocycles. The van der Waals surface area contributed by atoms with Crippen molar-refractivity contribution in [3.8, 4) is 0 Å². The quantitative estimate of drug-likeness (QED) is 0.504. The second kappa shape index (κ2) is 7.51. The third kappa shape index (κ3) is 6.06. The van der Waals surface area contributed by atoms with E-state index in [1.54, 1.807) is 27.7 Å². The molecule has 0 amide bonds. The fourth-order valence-electron chi connectivity index (χ4n) is 2.18. The van der Waals surface area contributed by atoms with E-state index in [1.807, 2.05) is 0 Å². The Morgan fingerprint density at radius 3 is 1.87 bits per heavy atom. The average molecular weight is 458 g/mol. The molecule has 6 nitrogen and oxygen atoms in total. The number of alkyl halides is 2. The Bertz CT molecular complexity index is 477. The first-order valence-electron chi connectivity index (χ1n) is 7.35. The molecule has 0 aromatic carbocycles. The highest BCUT2D eigenvalue weighted by atomic mass is 79.9. The second-order valence-electron chi connectivity index (χ2n) is 6.67. The van der Waals surface area contributed by atoms with Crippen LogP contribution in [0.25, 0.3) is 0 Å². The van der Waals surface area contributed by atoms with Crippen LogP contribution in [-0.2, 0) is 23.9 Å². The molecule has 1 N–H and O–H groups in total. The lowest BCUT2D eigenvalue weighted by Crippen LogP contribution is -2.44. The van der Waals surface area contributed by atoms with E-state index in [2.05, 4.69) is 31.9 Å². The summed E-state index contributed by atoms with van der Waals surface area (Å²) in [6, 6.07) is 0. The lowest BCUT2D eigenvalue weighted by molar-refractivity contribution is -0.170. The van der Waals surface area contributed by atoms with Crippen molar-refractivity contribution in [2.75, 3.05) is 0 Å². The summed E-state index contributed by atoms with van der Waals surface area (Å²) < 4.78 is 9.03. The van der Waals surface area contributed by atoms with Gasteiger partial charge in [-0.15, -0.1) is 0 Å². The molecule has 0 aromatic heterocycles. The van der Waals surface area contributed by atoms with Crippen LogP contribution < -0.4 is 0 Å². The zero-order valence-electron chi connectivity index (χ0n) is 13.6. The van der Waals surface area contributed by atoms with Crippen molar-refractivity contribution >= 4 is 49.8 Å². The van der Waals surface area contributed by atoms with Crippen molar-refractivity contribution in [2.24, 2.45) is 5.92 Å². The van der Waals surface area contributed by atoms with Crippen molar-refractivity contribution in [3.63, 3.8) is 0 Å². The summed E-state index contributed by atoms with van der Waals surface area (Å²) in [5.74, 6) is -2.77. The number of rotatable bonds is 5. The summed E-state index contributed by atoms with van der Waals surface area (Å²) in [5.41, 5.74) is 0. The van der Waals surface area contributed by atoms with Crippen LogP contribution in [0.2, 0.25) is 0 Å². The molecule has 3 unspecified atom stereocenters. The van der Waals surface area contributed by atoms with Gasteiger partial charge in [-0.05, 0) is 40.5 Å². The number of aliphatic carboxylic acids is 1. The molecule has 132 valence electrons.